The van der Waals surface area contributed by atoms with E-state index in [1.165, 1.54) is 11.1 Å². The molecule has 1 saturated heterocycles. The zero-order valence-electron chi connectivity index (χ0n) is 18.2. The molecule has 1 heterocycles. The van der Waals surface area contributed by atoms with Crippen LogP contribution in [0.1, 0.15) is 25.0 Å². The summed E-state index contributed by atoms with van der Waals surface area (Å²) >= 11 is 0. The van der Waals surface area contributed by atoms with Gasteiger partial charge in [0.05, 0.1) is 20.8 Å². The number of ether oxygens (including phenoxy) is 2. The summed E-state index contributed by atoms with van der Waals surface area (Å²) in [6.07, 6.45) is 0. The number of likely N-dealkylation sites (N-methyl/N-ethyl adjacent to an activating group) is 1. The Bertz CT molecular complexity index is 702. The van der Waals surface area contributed by atoms with Crippen molar-refractivity contribution in [3.05, 3.63) is 23.3 Å². The Hall–Kier alpha value is -2.32. The van der Waals surface area contributed by atoms with Crippen LogP contribution in [0, 0.1) is 6.92 Å². The van der Waals surface area contributed by atoms with Crippen LogP contribution >= 0.6 is 0 Å². The Kier molecular flexibility index (Phi) is 8.72. The first-order chi connectivity index (χ1) is 13.9. The van der Waals surface area contributed by atoms with Gasteiger partial charge in [-0.05, 0) is 44.0 Å². The number of hydrogen-bond acceptors (Lipinski definition) is 6. The van der Waals surface area contributed by atoms with E-state index in [0.29, 0.717) is 13.1 Å². The van der Waals surface area contributed by atoms with Crippen LogP contribution in [0.4, 0.5) is 0 Å². The highest BCUT2D eigenvalue weighted by Crippen LogP contribution is 2.30. The van der Waals surface area contributed by atoms with E-state index in [9.17, 15) is 9.59 Å². The second kappa shape index (κ2) is 11.0. The number of nitrogens with one attached hydrogen (secondary N) is 2. The van der Waals surface area contributed by atoms with Crippen molar-refractivity contribution in [3.63, 3.8) is 0 Å². The van der Waals surface area contributed by atoms with E-state index in [0.717, 1.165) is 44.2 Å². The lowest BCUT2D eigenvalue weighted by Crippen LogP contribution is -2.51. The van der Waals surface area contributed by atoms with E-state index in [2.05, 4.69) is 27.4 Å². The lowest BCUT2D eigenvalue weighted by atomic mass is 10.1. The molecule has 2 amide bonds. The number of piperazine rings is 1. The van der Waals surface area contributed by atoms with Crippen LogP contribution in [-0.2, 0) is 16.1 Å². The van der Waals surface area contributed by atoms with Crippen molar-refractivity contribution in [2.24, 2.45) is 0 Å². The second-order valence-electron chi connectivity index (χ2n) is 7.37. The predicted octanol–water partition coefficient (Wildman–Crippen LogP) is 0.771. The van der Waals surface area contributed by atoms with Crippen LogP contribution in [0.25, 0.3) is 0 Å². The predicted molar refractivity (Wildman–Crippen MR) is 112 cm³/mol. The van der Waals surface area contributed by atoms with Crippen molar-refractivity contribution in [2.45, 2.75) is 33.4 Å². The van der Waals surface area contributed by atoms with Crippen LogP contribution in [-0.4, -0.2) is 81.1 Å². The maximum Gasteiger partial charge on any atom is 0.242 e. The highest BCUT2D eigenvalue weighted by atomic mass is 16.5. The van der Waals surface area contributed by atoms with Gasteiger partial charge in [0.25, 0.3) is 0 Å². The summed E-state index contributed by atoms with van der Waals surface area (Å²) in [7, 11) is 3.29. The third kappa shape index (κ3) is 6.61. The van der Waals surface area contributed by atoms with Crippen LogP contribution in [0.3, 0.4) is 0 Å². The molecular formula is C21H34N4O4. The fourth-order valence-electron chi connectivity index (χ4n) is 3.42. The lowest BCUT2D eigenvalue weighted by molar-refractivity contribution is -0.129. The highest BCUT2D eigenvalue weighted by Gasteiger charge is 2.22. The molecule has 0 spiro atoms. The molecule has 0 bridgehead atoms. The van der Waals surface area contributed by atoms with Gasteiger partial charge in [-0.3, -0.25) is 19.4 Å². The Balaban J connectivity index is 1.82. The summed E-state index contributed by atoms with van der Waals surface area (Å²) in [5.74, 6) is 1.21. The summed E-state index contributed by atoms with van der Waals surface area (Å²) in [5, 5.41) is 5.47. The first-order valence-electron chi connectivity index (χ1n) is 10.1. The van der Waals surface area contributed by atoms with E-state index in [4.69, 9.17) is 9.47 Å². The molecule has 2 rings (SSSR count). The minimum absolute atomic E-state index is 0.118. The summed E-state index contributed by atoms with van der Waals surface area (Å²) < 4.78 is 10.8. The molecule has 8 heteroatoms. The topological polar surface area (TPSA) is 83.1 Å². The zero-order chi connectivity index (χ0) is 21.4. The van der Waals surface area contributed by atoms with Gasteiger partial charge in [-0.2, -0.15) is 0 Å². The quantitative estimate of drug-likeness (QED) is 0.630. The van der Waals surface area contributed by atoms with Gasteiger partial charge in [0, 0.05) is 39.3 Å². The SMILES string of the molecule is CCNC(=O)[C@@H](C)NC(=O)CN1CCN(Cc2cc(OC)c(OC)cc2C)CC1. The molecule has 8 nitrogen and oxygen atoms in total. The smallest absolute Gasteiger partial charge is 0.242 e. The normalized spacial score (nSPS) is 16.2. The van der Waals surface area contributed by atoms with Gasteiger partial charge in [0.1, 0.15) is 6.04 Å². The maximum atomic E-state index is 12.2. The number of methoxy groups -OCH3 is 2. The fourth-order valence-corrected chi connectivity index (χ4v) is 3.42. The fraction of sp³-hybridized carbons (Fsp3) is 0.619. The number of carbonyl (C=O) groups is 2. The van der Waals surface area contributed by atoms with E-state index < -0.39 is 6.04 Å². The summed E-state index contributed by atoms with van der Waals surface area (Å²) in [6, 6.07) is 3.53. The first kappa shape index (κ1) is 23.0. The molecule has 2 N–H and O–H groups in total. The molecule has 0 aromatic heterocycles. The van der Waals surface area contributed by atoms with Crippen molar-refractivity contribution in [1.29, 1.82) is 0 Å². The van der Waals surface area contributed by atoms with Gasteiger partial charge >= 0.3 is 0 Å². The third-order valence-corrected chi connectivity index (χ3v) is 5.19. The number of carbonyl (C=O) groups excluding carboxylic acids is 2. The molecule has 0 unspecified atom stereocenters. The Morgan fingerprint density at radius 1 is 1.07 bits per heavy atom. The Morgan fingerprint density at radius 3 is 2.24 bits per heavy atom. The van der Waals surface area contributed by atoms with Crippen LogP contribution in [0.5, 0.6) is 11.5 Å². The molecule has 1 aliphatic heterocycles. The number of benzene rings is 1. The molecule has 1 fully saturated rings. The van der Waals surface area contributed by atoms with Crippen LogP contribution in [0.2, 0.25) is 0 Å². The number of rotatable bonds is 9. The number of aryl methyl sites for hydroxylation is 1. The average Bonchev–Trinajstić information content (AvgIpc) is 2.70. The van der Waals surface area contributed by atoms with Crippen LogP contribution < -0.4 is 20.1 Å². The van der Waals surface area contributed by atoms with Crippen molar-refractivity contribution < 1.29 is 19.1 Å². The Labute approximate surface area is 173 Å². The minimum Gasteiger partial charge on any atom is -0.493 e. The van der Waals surface area contributed by atoms with Gasteiger partial charge in [-0.25, -0.2) is 0 Å². The number of nitrogens with zero attached hydrogens (tertiary/aromatic N) is 2. The molecule has 0 aliphatic carbocycles. The summed E-state index contributed by atoms with van der Waals surface area (Å²) in [6.45, 7) is 10.7. The molecule has 1 atom stereocenters. The lowest BCUT2D eigenvalue weighted by Gasteiger charge is -2.34. The van der Waals surface area contributed by atoms with Gasteiger partial charge in [0.2, 0.25) is 11.8 Å². The van der Waals surface area contributed by atoms with Gasteiger partial charge in [0.15, 0.2) is 11.5 Å². The molecule has 162 valence electrons. The van der Waals surface area contributed by atoms with Gasteiger partial charge in [-0.15, -0.1) is 0 Å². The van der Waals surface area contributed by atoms with Crippen molar-refractivity contribution in [1.82, 2.24) is 20.4 Å². The Morgan fingerprint density at radius 2 is 1.66 bits per heavy atom. The van der Waals surface area contributed by atoms with E-state index in [1.54, 1.807) is 21.1 Å². The number of amides is 2. The van der Waals surface area contributed by atoms with E-state index in [-0.39, 0.29) is 11.8 Å². The minimum atomic E-state index is -0.517. The number of hydrogen-bond donors (Lipinski definition) is 2. The van der Waals surface area contributed by atoms with Crippen molar-refractivity contribution in [2.75, 3.05) is 53.5 Å². The molecule has 0 saturated carbocycles. The maximum absolute atomic E-state index is 12.2. The summed E-state index contributed by atoms with van der Waals surface area (Å²) in [5.41, 5.74) is 2.38. The second-order valence-corrected chi connectivity index (χ2v) is 7.37. The average molecular weight is 407 g/mol. The molecule has 1 aromatic carbocycles. The largest absolute Gasteiger partial charge is 0.493 e. The van der Waals surface area contributed by atoms with Gasteiger partial charge < -0.3 is 20.1 Å². The molecule has 1 aliphatic rings. The molecule has 0 radical (unpaired) electrons. The van der Waals surface area contributed by atoms with E-state index in [1.807, 2.05) is 19.1 Å². The van der Waals surface area contributed by atoms with Crippen molar-refractivity contribution >= 4 is 11.8 Å². The third-order valence-electron chi connectivity index (χ3n) is 5.19. The highest BCUT2D eigenvalue weighted by molar-refractivity contribution is 5.87. The first-order valence-corrected chi connectivity index (χ1v) is 10.1. The van der Waals surface area contributed by atoms with E-state index >= 15 is 0 Å². The molecule has 1 aromatic rings. The molecule has 29 heavy (non-hydrogen) atoms. The van der Waals surface area contributed by atoms with Crippen LogP contribution in [0.15, 0.2) is 12.1 Å². The summed E-state index contributed by atoms with van der Waals surface area (Å²) in [4.78, 5) is 28.4. The molecular weight excluding hydrogens is 372 g/mol. The monoisotopic (exact) mass is 406 g/mol. The van der Waals surface area contributed by atoms with Crippen molar-refractivity contribution in [3.8, 4) is 11.5 Å². The van der Waals surface area contributed by atoms with Gasteiger partial charge in [-0.1, -0.05) is 0 Å². The zero-order valence-corrected chi connectivity index (χ0v) is 18.2. The standard InChI is InChI=1S/C21H34N4O4/c1-6-22-21(27)16(3)23-20(26)14-25-9-7-24(8-10-25)13-17-12-19(29-5)18(28-4)11-15(17)2/h11-12,16H,6-10,13-14H2,1-5H3,(H,22,27)(H,23,26)/t16-/m1/s1.